The van der Waals surface area contributed by atoms with Crippen molar-refractivity contribution in [1.82, 2.24) is 0 Å². The van der Waals surface area contributed by atoms with E-state index in [0.29, 0.717) is 6.42 Å². The van der Waals surface area contributed by atoms with Crippen LogP contribution < -0.4 is 0 Å². The summed E-state index contributed by atoms with van der Waals surface area (Å²) in [5.41, 5.74) is 0. The third-order valence-electron chi connectivity index (χ3n) is 1.22. The highest BCUT2D eigenvalue weighted by Crippen LogP contribution is 1.98. The predicted octanol–water partition coefficient (Wildman–Crippen LogP) is 2.28. The van der Waals surface area contributed by atoms with Crippen LogP contribution in [0.2, 0.25) is 0 Å². The molecule has 0 fully saturated rings. The Morgan fingerprint density at radius 2 is 1.93 bits per heavy atom. The summed E-state index contributed by atoms with van der Waals surface area (Å²) in [6.07, 6.45) is 3.64. The van der Waals surface area contributed by atoms with Gasteiger partial charge in [0.2, 0.25) is 0 Å². The van der Waals surface area contributed by atoms with E-state index in [0.717, 1.165) is 0 Å². The van der Waals surface area contributed by atoms with E-state index in [1.165, 1.54) is 19.9 Å². The molecule has 3 nitrogen and oxygen atoms in total. The first-order valence-corrected chi connectivity index (χ1v) is 4.46. The average Bonchev–Trinajstić information content (AvgIpc) is 2.03. The average molecular weight is 195 g/mol. The van der Waals surface area contributed by atoms with Gasteiger partial charge in [0.25, 0.3) is 0 Å². The molecule has 0 aromatic rings. The van der Waals surface area contributed by atoms with Gasteiger partial charge in [-0.25, -0.2) is 0 Å². The molecule has 0 bridgehead atoms. The number of rotatable bonds is 3. The third-order valence-corrected chi connectivity index (χ3v) is 1.22. The van der Waals surface area contributed by atoms with Crippen molar-refractivity contribution in [2.45, 2.75) is 34.1 Å². The van der Waals surface area contributed by atoms with Gasteiger partial charge in [-0.1, -0.05) is 6.08 Å². The second kappa shape index (κ2) is 9.66. The Hall–Kier alpha value is -1.43. The molecule has 0 aromatic heterocycles. The zero-order valence-electron chi connectivity index (χ0n) is 9.20. The molecule has 0 aliphatic heterocycles. The van der Waals surface area contributed by atoms with Gasteiger partial charge in [0.15, 0.2) is 5.78 Å². The first kappa shape index (κ1) is 15.1. The fraction of sp³-hybridized carbons (Fsp3) is 0.545. The van der Waals surface area contributed by atoms with E-state index in [9.17, 15) is 9.59 Å². The van der Waals surface area contributed by atoms with Crippen molar-refractivity contribution < 1.29 is 9.59 Å². The summed E-state index contributed by atoms with van der Waals surface area (Å²) in [6, 6.07) is 1.98. The van der Waals surface area contributed by atoms with E-state index in [2.05, 4.69) is 0 Å². The van der Waals surface area contributed by atoms with Gasteiger partial charge in [0.05, 0.1) is 12.0 Å². The zero-order chi connectivity index (χ0) is 11.6. The highest BCUT2D eigenvalue weighted by molar-refractivity contribution is 5.87. The van der Waals surface area contributed by atoms with Gasteiger partial charge in [-0.2, -0.15) is 5.26 Å². The number of hydrogen-bond acceptors (Lipinski definition) is 3. The maximum absolute atomic E-state index is 10.3. The van der Waals surface area contributed by atoms with E-state index in [1.54, 1.807) is 13.0 Å². The lowest BCUT2D eigenvalue weighted by molar-refractivity contribution is -0.117. The number of nitrogens with zero attached hydrogens (tertiary/aromatic N) is 1. The Kier molecular flexibility index (Phi) is 10.4. The zero-order valence-corrected chi connectivity index (χ0v) is 9.20. The highest BCUT2D eigenvalue weighted by atomic mass is 16.1. The van der Waals surface area contributed by atoms with E-state index in [1.807, 2.05) is 13.0 Å². The van der Waals surface area contributed by atoms with Crippen molar-refractivity contribution in [3.8, 4) is 6.07 Å². The molecule has 0 N–H and O–H groups in total. The molecule has 0 spiro atoms. The fourth-order valence-corrected chi connectivity index (χ4v) is 0.712. The standard InChI is InChI=1S/C6H9NO.C5H8O/c1-5(4-7)3-6(2)8;1-3-4-5(2)6/h5H,3H2,1-2H3;3-4H,1-2H3/b;4-3+. The van der Waals surface area contributed by atoms with Crippen LogP contribution in [0.3, 0.4) is 0 Å². The monoisotopic (exact) mass is 195 g/mol. The van der Waals surface area contributed by atoms with Crippen molar-refractivity contribution in [2.24, 2.45) is 5.92 Å². The number of ketones is 2. The summed E-state index contributed by atoms with van der Waals surface area (Å²) < 4.78 is 0. The van der Waals surface area contributed by atoms with Crippen LogP contribution in [0, 0.1) is 17.2 Å². The van der Waals surface area contributed by atoms with Crippen LogP contribution in [0.25, 0.3) is 0 Å². The molecular weight excluding hydrogens is 178 g/mol. The Balaban J connectivity index is 0. The molecular formula is C11H17NO2. The van der Waals surface area contributed by atoms with Crippen molar-refractivity contribution >= 4 is 11.6 Å². The van der Waals surface area contributed by atoms with Crippen LogP contribution >= 0.6 is 0 Å². The minimum Gasteiger partial charge on any atom is -0.300 e. The summed E-state index contributed by atoms with van der Waals surface area (Å²) in [4.78, 5) is 20.2. The van der Waals surface area contributed by atoms with Gasteiger partial charge in [-0.3, -0.25) is 9.59 Å². The second-order valence-corrected chi connectivity index (χ2v) is 3.05. The van der Waals surface area contributed by atoms with Crippen molar-refractivity contribution in [3.05, 3.63) is 12.2 Å². The predicted molar refractivity (Wildman–Crippen MR) is 55.6 cm³/mol. The fourth-order valence-electron chi connectivity index (χ4n) is 0.712. The first-order chi connectivity index (χ1) is 6.43. The molecule has 0 aromatic carbocycles. The molecule has 0 saturated heterocycles. The maximum Gasteiger partial charge on any atom is 0.152 e. The van der Waals surface area contributed by atoms with Crippen molar-refractivity contribution in [3.63, 3.8) is 0 Å². The highest BCUT2D eigenvalue weighted by Gasteiger charge is 2.00. The molecule has 0 heterocycles. The Labute approximate surface area is 85.4 Å². The lowest BCUT2D eigenvalue weighted by atomic mass is 10.1. The van der Waals surface area contributed by atoms with Gasteiger partial charge >= 0.3 is 0 Å². The molecule has 3 heteroatoms. The number of nitriles is 1. The van der Waals surface area contributed by atoms with Crippen molar-refractivity contribution in [2.75, 3.05) is 0 Å². The number of Topliss-reactive ketones (excluding diaryl/α,β-unsaturated/α-hetero) is 1. The molecule has 78 valence electrons. The minimum atomic E-state index is -0.118. The summed E-state index contributed by atoms with van der Waals surface area (Å²) in [6.45, 7) is 6.58. The van der Waals surface area contributed by atoms with Crippen LogP contribution in [0.4, 0.5) is 0 Å². The van der Waals surface area contributed by atoms with Gasteiger partial charge in [0.1, 0.15) is 5.78 Å². The Morgan fingerprint density at radius 3 is 2.00 bits per heavy atom. The van der Waals surface area contributed by atoms with Crippen LogP contribution in [0.5, 0.6) is 0 Å². The topological polar surface area (TPSA) is 57.9 Å². The Bertz CT molecular complexity index is 249. The molecule has 0 aliphatic carbocycles. The summed E-state index contributed by atoms with van der Waals surface area (Å²) in [5.74, 6) is 0.0732. The van der Waals surface area contributed by atoms with Gasteiger partial charge in [-0.05, 0) is 33.8 Å². The van der Waals surface area contributed by atoms with Gasteiger partial charge in [0, 0.05) is 6.42 Å². The van der Waals surface area contributed by atoms with Crippen LogP contribution in [0.1, 0.15) is 34.1 Å². The number of carbonyl (C=O) groups excluding carboxylic acids is 2. The Morgan fingerprint density at radius 1 is 1.43 bits per heavy atom. The molecule has 0 amide bonds. The van der Waals surface area contributed by atoms with E-state index in [4.69, 9.17) is 5.26 Å². The third kappa shape index (κ3) is 16.9. The number of carbonyl (C=O) groups is 2. The number of hydrogen-bond donors (Lipinski definition) is 0. The molecule has 1 unspecified atom stereocenters. The normalized spacial score (nSPS) is 11.1. The first-order valence-electron chi connectivity index (χ1n) is 4.46. The molecule has 0 saturated carbocycles. The molecule has 0 radical (unpaired) electrons. The summed E-state index contributed by atoms with van der Waals surface area (Å²) in [5, 5.41) is 8.18. The molecule has 14 heavy (non-hydrogen) atoms. The van der Waals surface area contributed by atoms with Crippen molar-refractivity contribution in [1.29, 1.82) is 5.26 Å². The minimum absolute atomic E-state index is 0.0825. The smallest absolute Gasteiger partial charge is 0.152 e. The van der Waals surface area contributed by atoms with Crippen LogP contribution in [-0.4, -0.2) is 11.6 Å². The van der Waals surface area contributed by atoms with Crippen LogP contribution in [-0.2, 0) is 9.59 Å². The quantitative estimate of drug-likeness (QED) is 0.649. The van der Waals surface area contributed by atoms with E-state index < -0.39 is 0 Å². The summed E-state index contributed by atoms with van der Waals surface area (Å²) >= 11 is 0. The SMILES string of the molecule is C/C=C/C(C)=O.CC(=O)CC(C)C#N. The molecule has 0 aliphatic rings. The molecule has 1 atom stereocenters. The lowest BCUT2D eigenvalue weighted by Crippen LogP contribution is -1.97. The second-order valence-electron chi connectivity index (χ2n) is 3.05. The summed E-state index contributed by atoms with van der Waals surface area (Å²) in [7, 11) is 0. The molecule has 0 rings (SSSR count). The van der Waals surface area contributed by atoms with E-state index in [-0.39, 0.29) is 17.5 Å². The van der Waals surface area contributed by atoms with Gasteiger partial charge < -0.3 is 0 Å². The van der Waals surface area contributed by atoms with Gasteiger partial charge in [-0.15, -0.1) is 0 Å². The maximum atomic E-state index is 10.3. The van der Waals surface area contributed by atoms with E-state index >= 15 is 0 Å². The number of allylic oxidation sites excluding steroid dienone is 2. The largest absolute Gasteiger partial charge is 0.300 e. The van der Waals surface area contributed by atoms with Crippen LogP contribution in [0.15, 0.2) is 12.2 Å². The lowest BCUT2D eigenvalue weighted by Gasteiger charge is -1.92.